The number of hydrogen-bond donors (Lipinski definition) is 0. The smallest absolute Gasteiger partial charge is 0.180 e. The Labute approximate surface area is 116 Å². The molecule has 1 saturated heterocycles. The normalized spacial score (nSPS) is 17.6. The SMILES string of the molecule is CCCC(C(=O)c1cc(C)ccc1C)N1CCCC1. The highest BCUT2D eigenvalue weighted by molar-refractivity contribution is 6.01. The van der Waals surface area contributed by atoms with E-state index in [4.69, 9.17) is 0 Å². The van der Waals surface area contributed by atoms with Crippen molar-refractivity contribution in [2.75, 3.05) is 13.1 Å². The van der Waals surface area contributed by atoms with E-state index in [2.05, 4.69) is 36.9 Å². The number of nitrogens with zero attached hydrogens (tertiary/aromatic N) is 1. The van der Waals surface area contributed by atoms with E-state index < -0.39 is 0 Å². The summed E-state index contributed by atoms with van der Waals surface area (Å²) in [5.74, 6) is 0.324. The van der Waals surface area contributed by atoms with E-state index in [-0.39, 0.29) is 6.04 Å². The maximum absolute atomic E-state index is 12.9. The summed E-state index contributed by atoms with van der Waals surface area (Å²) in [5.41, 5.74) is 3.20. The number of carbonyl (C=O) groups is 1. The van der Waals surface area contributed by atoms with Crippen molar-refractivity contribution < 1.29 is 4.79 Å². The van der Waals surface area contributed by atoms with E-state index >= 15 is 0 Å². The largest absolute Gasteiger partial charge is 0.293 e. The van der Waals surface area contributed by atoms with Crippen molar-refractivity contribution in [3.63, 3.8) is 0 Å². The maximum Gasteiger partial charge on any atom is 0.180 e. The molecule has 19 heavy (non-hydrogen) atoms. The first-order valence-electron chi connectivity index (χ1n) is 7.49. The molecule has 0 aliphatic carbocycles. The molecule has 1 fully saturated rings. The van der Waals surface area contributed by atoms with Crippen LogP contribution < -0.4 is 0 Å². The molecule has 0 amide bonds. The first-order chi connectivity index (χ1) is 9.13. The molecule has 1 aromatic carbocycles. The van der Waals surface area contributed by atoms with Gasteiger partial charge in [0.1, 0.15) is 0 Å². The number of carbonyl (C=O) groups excluding carboxylic acids is 1. The van der Waals surface area contributed by atoms with Crippen LogP contribution in [0.5, 0.6) is 0 Å². The zero-order valence-electron chi connectivity index (χ0n) is 12.4. The second kappa shape index (κ2) is 6.33. The average Bonchev–Trinajstić information content (AvgIpc) is 2.92. The molecular formula is C17H25NO. The third-order valence-electron chi connectivity index (χ3n) is 4.10. The van der Waals surface area contributed by atoms with Gasteiger partial charge >= 0.3 is 0 Å². The van der Waals surface area contributed by atoms with Gasteiger partial charge in [-0.1, -0.05) is 31.0 Å². The lowest BCUT2D eigenvalue weighted by Gasteiger charge is -2.26. The molecule has 0 aromatic heterocycles. The fourth-order valence-electron chi connectivity index (χ4n) is 2.99. The zero-order chi connectivity index (χ0) is 13.8. The van der Waals surface area contributed by atoms with E-state index in [9.17, 15) is 4.79 Å². The van der Waals surface area contributed by atoms with Crippen molar-refractivity contribution in [2.45, 2.75) is 52.5 Å². The van der Waals surface area contributed by atoms with Crippen LogP contribution in [0.4, 0.5) is 0 Å². The Balaban J connectivity index is 2.25. The van der Waals surface area contributed by atoms with Gasteiger partial charge in [-0.3, -0.25) is 9.69 Å². The molecule has 1 aromatic rings. The van der Waals surface area contributed by atoms with Crippen LogP contribution >= 0.6 is 0 Å². The molecule has 0 bridgehead atoms. The Morgan fingerprint density at radius 1 is 1.26 bits per heavy atom. The van der Waals surface area contributed by atoms with Gasteiger partial charge in [0.05, 0.1) is 6.04 Å². The highest BCUT2D eigenvalue weighted by Gasteiger charge is 2.28. The Morgan fingerprint density at radius 3 is 2.58 bits per heavy atom. The molecule has 0 saturated carbocycles. The summed E-state index contributed by atoms with van der Waals surface area (Å²) in [6.07, 6.45) is 4.52. The van der Waals surface area contributed by atoms with Gasteiger partial charge in [0.25, 0.3) is 0 Å². The Kier molecular flexibility index (Phi) is 4.76. The molecule has 0 spiro atoms. The van der Waals surface area contributed by atoms with Crippen LogP contribution in [-0.2, 0) is 0 Å². The minimum Gasteiger partial charge on any atom is -0.293 e. The van der Waals surface area contributed by atoms with Crippen molar-refractivity contribution >= 4 is 5.78 Å². The van der Waals surface area contributed by atoms with E-state index in [0.29, 0.717) is 5.78 Å². The summed E-state index contributed by atoms with van der Waals surface area (Å²) in [7, 11) is 0. The van der Waals surface area contributed by atoms with E-state index in [1.165, 1.54) is 18.4 Å². The highest BCUT2D eigenvalue weighted by atomic mass is 16.1. The highest BCUT2D eigenvalue weighted by Crippen LogP contribution is 2.21. The van der Waals surface area contributed by atoms with Gasteiger partial charge in [0.2, 0.25) is 0 Å². The van der Waals surface area contributed by atoms with Gasteiger partial charge in [-0.05, 0) is 57.8 Å². The summed E-state index contributed by atoms with van der Waals surface area (Å²) < 4.78 is 0. The number of ketones is 1. The zero-order valence-corrected chi connectivity index (χ0v) is 12.4. The average molecular weight is 259 g/mol. The molecule has 0 N–H and O–H groups in total. The third kappa shape index (κ3) is 3.24. The molecule has 1 unspecified atom stereocenters. The summed E-state index contributed by atoms with van der Waals surface area (Å²) in [6, 6.07) is 6.29. The summed E-state index contributed by atoms with van der Waals surface area (Å²) in [6.45, 7) is 8.43. The van der Waals surface area contributed by atoms with E-state index in [0.717, 1.165) is 37.1 Å². The van der Waals surface area contributed by atoms with Crippen molar-refractivity contribution in [1.29, 1.82) is 0 Å². The predicted octanol–water partition coefficient (Wildman–Crippen LogP) is 3.75. The molecular weight excluding hydrogens is 234 g/mol. The van der Waals surface area contributed by atoms with Gasteiger partial charge in [0, 0.05) is 5.56 Å². The van der Waals surface area contributed by atoms with Crippen LogP contribution in [0, 0.1) is 13.8 Å². The third-order valence-corrected chi connectivity index (χ3v) is 4.10. The lowest BCUT2D eigenvalue weighted by Crippen LogP contribution is -2.39. The van der Waals surface area contributed by atoms with Crippen LogP contribution in [0.3, 0.4) is 0 Å². The second-order valence-electron chi connectivity index (χ2n) is 5.73. The van der Waals surface area contributed by atoms with Crippen molar-refractivity contribution in [3.8, 4) is 0 Å². The number of hydrogen-bond acceptors (Lipinski definition) is 2. The number of rotatable bonds is 5. The molecule has 1 atom stereocenters. The Bertz CT molecular complexity index is 447. The number of likely N-dealkylation sites (tertiary alicyclic amines) is 1. The van der Waals surface area contributed by atoms with E-state index in [1.807, 2.05) is 6.92 Å². The molecule has 0 radical (unpaired) electrons. The van der Waals surface area contributed by atoms with Gasteiger partial charge in [-0.15, -0.1) is 0 Å². The molecule has 104 valence electrons. The number of aryl methyl sites for hydroxylation is 2. The summed E-state index contributed by atoms with van der Waals surface area (Å²) in [5, 5.41) is 0. The van der Waals surface area contributed by atoms with Crippen LogP contribution in [0.2, 0.25) is 0 Å². The van der Waals surface area contributed by atoms with Crippen LogP contribution in [-0.4, -0.2) is 29.8 Å². The van der Waals surface area contributed by atoms with E-state index in [1.54, 1.807) is 0 Å². The first kappa shape index (κ1) is 14.3. The number of benzene rings is 1. The fourth-order valence-corrected chi connectivity index (χ4v) is 2.99. The van der Waals surface area contributed by atoms with Gasteiger partial charge in [-0.2, -0.15) is 0 Å². The monoisotopic (exact) mass is 259 g/mol. The molecule has 1 aliphatic rings. The van der Waals surface area contributed by atoms with Crippen LogP contribution in [0.1, 0.15) is 54.1 Å². The van der Waals surface area contributed by atoms with Crippen molar-refractivity contribution in [1.82, 2.24) is 4.90 Å². The fraction of sp³-hybridized carbons (Fsp3) is 0.588. The standard InChI is InChI=1S/C17H25NO/c1-4-7-16(18-10-5-6-11-18)17(19)15-12-13(2)8-9-14(15)3/h8-9,12,16H,4-7,10-11H2,1-3H3. The Morgan fingerprint density at radius 2 is 1.95 bits per heavy atom. The predicted molar refractivity (Wildman–Crippen MR) is 79.7 cm³/mol. The molecule has 1 aliphatic heterocycles. The first-order valence-corrected chi connectivity index (χ1v) is 7.49. The molecule has 2 nitrogen and oxygen atoms in total. The summed E-state index contributed by atoms with van der Waals surface area (Å²) >= 11 is 0. The van der Waals surface area contributed by atoms with Gasteiger partial charge < -0.3 is 0 Å². The maximum atomic E-state index is 12.9. The summed E-state index contributed by atoms with van der Waals surface area (Å²) in [4.78, 5) is 15.2. The molecule has 2 heteroatoms. The number of Topliss-reactive ketones (excluding diaryl/α,β-unsaturated/α-hetero) is 1. The quantitative estimate of drug-likeness (QED) is 0.751. The van der Waals surface area contributed by atoms with Gasteiger partial charge in [0.15, 0.2) is 5.78 Å². The van der Waals surface area contributed by atoms with Crippen LogP contribution in [0.25, 0.3) is 0 Å². The minimum absolute atomic E-state index is 0.0907. The van der Waals surface area contributed by atoms with Crippen molar-refractivity contribution in [3.05, 3.63) is 34.9 Å². The van der Waals surface area contributed by atoms with Gasteiger partial charge in [-0.25, -0.2) is 0 Å². The topological polar surface area (TPSA) is 20.3 Å². The lowest BCUT2D eigenvalue weighted by atomic mass is 9.94. The van der Waals surface area contributed by atoms with Crippen molar-refractivity contribution in [2.24, 2.45) is 0 Å². The second-order valence-corrected chi connectivity index (χ2v) is 5.73. The minimum atomic E-state index is 0.0907. The lowest BCUT2D eigenvalue weighted by molar-refractivity contribution is 0.0836. The molecule has 1 heterocycles. The van der Waals surface area contributed by atoms with Crippen LogP contribution in [0.15, 0.2) is 18.2 Å². The Hall–Kier alpha value is -1.15. The molecule has 2 rings (SSSR count).